The van der Waals surface area contributed by atoms with Gasteiger partial charge in [0.15, 0.2) is 0 Å². The van der Waals surface area contributed by atoms with Crippen molar-refractivity contribution in [2.45, 2.75) is 19.3 Å². The molecule has 0 aromatic rings. The summed E-state index contributed by atoms with van der Waals surface area (Å²) in [5.41, 5.74) is 5.27. The number of ether oxygens (including phenoxy) is 1. The quantitative estimate of drug-likeness (QED) is 0.736. The van der Waals surface area contributed by atoms with Crippen molar-refractivity contribution in [2.24, 2.45) is 11.1 Å². The van der Waals surface area contributed by atoms with E-state index < -0.39 is 5.41 Å². The van der Waals surface area contributed by atoms with Crippen LogP contribution in [0.4, 0.5) is 0 Å². The second kappa shape index (κ2) is 5.83. The van der Waals surface area contributed by atoms with Crippen molar-refractivity contribution in [1.29, 1.82) is 5.26 Å². The van der Waals surface area contributed by atoms with Gasteiger partial charge in [-0.1, -0.05) is 0 Å². The second-order valence-corrected chi connectivity index (χ2v) is 4.23. The number of hydrogen-bond donors (Lipinski definition) is 1. The van der Waals surface area contributed by atoms with Crippen molar-refractivity contribution >= 4 is 5.91 Å². The average molecular weight is 225 g/mol. The van der Waals surface area contributed by atoms with Gasteiger partial charge in [0.1, 0.15) is 0 Å². The van der Waals surface area contributed by atoms with Crippen LogP contribution < -0.4 is 5.73 Å². The van der Waals surface area contributed by atoms with E-state index in [0.29, 0.717) is 45.6 Å². The number of nitrogens with zero attached hydrogens (tertiary/aromatic N) is 2. The van der Waals surface area contributed by atoms with Crippen LogP contribution in [-0.2, 0) is 9.53 Å². The van der Waals surface area contributed by atoms with E-state index in [2.05, 4.69) is 0 Å². The lowest BCUT2D eigenvalue weighted by molar-refractivity contribution is -0.145. The van der Waals surface area contributed by atoms with Crippen LogP contribution in [0.2, 0.25) is 0 Å². The molecule has 1 saturated heterocycles. The summed E-state index contributed by atoms with van der Waals surface area (Å²) < 4.78 is 5.26. The van der Waals surface area contributed by atoms with E-state index in [1.807, 2.05) is 6.07 Å². The van der Waals surface area contributed by atoms with Gasteiger partial charge in [0, 0.05) is 33.4 Å². The van der Waals surface area contributed by atoms with Crippen molar-refractivity contribution in [2.75, 3.05) is 33.4 Å². The van der Waals surface area contributed by atoms with Crippen LogP contribution in [-0.4, -0.2) is 44.2 Å². The monoisotopic (exact) mass is 225 g/mol. The molecule has 0 atom stereocenters. The van der Waals surface area contributed by atoms with Gasteiger partial charge in [-0.05, 0) is 12.8 Å². The first-order valence-corrected chi connectivity index (χ1v) is 5.56. The molecule has 90 valence electrons. The van der Waals surface area contributed by atoms with E-state index in [-0.39, 0.29) is 5.91 Å². The molecule has 5 heteroatoms. The molecule has 1 heterocycles. The molecule has 1 aliphatic rings. The van der Waals surface area contributed by atoms with Crippen LogP contribution in [0.25, 0.3) is 0 Å². The number of nitrogens with two attached hydrogens (primary N) is 1. The zero-order chi connectivity index (χ0) is 12.0. The van der Waals surface area contributed by atoms with E-state index in [1.54, 1.807) is 11.9 Å². The molecule has 5 nitrogen and oxygen atoms in total. The highest BCUT2D eigenvalue weighted by Gasteiger charge is 2.40. The fourth-order valence-electron chi connectivity index (χ4n) is 1.99. The molecular weight excluding hydrogens is 206 g/mol. The maximum Gasteiger partial charge on any atom is 0.230 e. The Balaban J connectivity index is 2.64. The molecule has 0 unspecified atom stereocenters. The summed E-state index contributed by atoms with van der Waals surface area (Å²) in [6, 6.07) is 2.04. The molecule has 1 amide bonds. The average Bonchev–Trinajstić information content (AvgIpc) is 2.35. The van der Waals surface area contributed by atoms with Crippen LogP contribution in [0, 0.1) is 16.7 Å². The Kier molecular flexibility index (Phi) is 4.71. The van der Waals surface area contributed by atoms with E-state index in [9.17, 15) is 4.79 Å². The molecule has 1 aliphatic heterocycles. The lowest BCUT2D eigenvalue weighted by atomic mass is 9.79. The van der Waals surface area contributed by atoms with E-state index in [0.717, 1.165) is 0 Å². The van der Waals surface area contributed by atoms with Gasteiger partial charge >= 0.3 is 0 Å². The van der Waals surface area contributed by atoms with Crippen LogP contribution >= 0.6 is 0 Å². The minimum atomic E-state index is -0.470. The van der Waals surface area contributed by atoms with E-state index in [1.165, 1.54) is 0 Å². The lowest BCUT2D eigenvalue weighted by Crippen LogP contribution is -2.49. The maximum absolute atomic E-state index is 12.2. The summed E-state index contributed by atoms with van der Waals surface area (Å²) in [6.45, 7) is 2.01. The summed E-state index contributed by atoms with van der Waals surface area (Å²) in [6.07, 6.45) is 1.72. The normalized spacial score (nSPS) is 18.8. The Hall–Kier alpha value is -1.12. The Morgan fingerprint density at radius 1 is 1.56 bits per heavy atom. The molecule has 1 fully saturated rings. The highest BCUT2D eigenvalue weighted by Crippen LogP contribution is 2.31. The largest absolute Gasteiger partial charge is 0.381 e. The Labute approximate surface area is 96.2 Å². The minimum absolute atomic E-state index is 0.0496. The van der Waals surface area contributed by atoms with Crippen LogP contribution in [0.15, 0.2) is 0 Å². The number of rotatable bonds is 4. The minimum Gasteiger partial charge on any atom is -0.381 e. The molecular formula is C11H19N3O2. The first-order chi connectivity index (χ1) is 7.66. The molecule has 2 N–H and O–H groups in total. The highest BCUT2D eigenvalue weighted by atomic mass is 16.5. The van der Waals surface area contributed by atoms with Crippen molar-refractivity contribution in [3.63, 3.8) is 0 Å². The Morgan fingerprint density at radius 2 is 2.19 bits per heavy atom. The molecule has 1 rings (SSSR count). The van der Waals surface area contributed by atoms with Crippen molar-refractivity contribution < 1.29 is 9.53 Å². The first-order valence-electron chi connectivity index (χ1n) is 5.56. The maximum atomic E-state index is 12.2. The highest BCUT2D eigenvalue weighted by molar-refractivity contribution is 5.83. The van der Waals surface area contributed by atoms with Gasteiger partial charge in [-0.2, -0.15) is 5.26 Å². The van der Waals surface area contributed by atoms with Crippen LogP contribution in [0.1, 0.15) is 19.3 Å². The number of hydrogen-bond acceptors (Lipinski definition) is 4. The summed E-state index contributed by atoms with van der Waals surface area (Å²) in [7, 11) is 1.73. The van der Waals surface area contributed by atoms with Crippen LogP contribution in [0.3, 0.4) is 0 Å². The fraction of sp³-hybridized carbons (Fsp3) is 0.818. The standard InChI is InChI=1S/C11H19N3O2/c1-14(6-2-5-12)10(15)11(9-13)3-7-16-8-4-11/h2-4,6-9,13H2,1H3. The first kappa shape index (κ1) is 12.9. The second-order valence-electron chi connectivity index (χ2n) is 4.23. The van der Waals surface area contributed by atoms with Gasteiger partial charge in [-0.25, -0.2) is 0 Å². The zero-order valence-corrected chi connectivity index (χ0v) is 9.74. The van der Waals surface area contributed by atoms with E-state index in [4.69, 9.17) is 15.7 Å². The zero-order valence-electron chi connectivity index (χ0n) is 9.74. The number of carbonyl (C=O) groups excluding carboxylic acids is 1. The molecule has 0 aliphatic carbocycles. The van der Waals surface area contributed by atoms with Crippen molar-refractivity contribution in [1.82, 2.24) is 4.90 Å². The number of amides is 1. The van der Waals surface area contributed by atoms with Gasteiger partial charge < -0.3 is 15.4 Å². The topological polar surface area (TPSA) is 79.4 Å². The van der Waals surface area contributed by atoms with Crippen LogP contribution in [0.5, 0.6) is 0 Å². The molecule has 0 bridgehead atoms. The number of nitriles is 1. The van der Waals surface area contributed by atoms with Crippen molar-refractivity contribution in [3.05, 3.63) is 0 Å². The number of carbonyl (C=O) groups is 1. The van der Waals surface area contributed by atoms with Gasteiger partial charge in [-0.15, -0.1) is 0 Å². The summed E-state index contributed by atoms with van der Waals surface area (Å²) in [4.78, 5) is 13.9. The molecule has 0 aromatic carbocycles. The third-order valence-electron chi connectivity index (χ3n) is 3.20. The molecule has 0 aromatic heterocycles. The van der Waals surface area contributed by atoms with E-state index >= 15 is 0 Å². The molecule has 16 heavy (non-hydrogen) atoms. The third-order valence-corrected chi connectivity index (χ3v) is 3.20. The summed E-state index contributed by atoms with van der Waals surface area (Å²) in [5, 5.41) is 8.50. The van der Waals surface area contributed by atoms with Crippen molar-refractivity contribution in [3.8, 4) is 6.07 Å². The SMILES string of the molecule is CN(CCC#N)C(=O)C1(CN)CCOCC1. The third kappa shape index (κ3) is 2.71. The summed E-state index contributed by atoms with van der Waals surface area (Å²) >= 11 is 0. The lowest BCUT2D eigenvalue weighted by Gasteiger charge is -2.37. The summed E-state index contributed by atoms with van der Waals surface area (Å²) in [5.74, 6) is 0.0496. The molecule has 0 saturated carbocycles. The fourth-order valence-corrected chi connectivity index (χ4v) is 1.99. The smallest absolute Gasteiger partial charge is 0.230 e. The molecule has 0 spiro atoms. The molecule has 0 radical (unpaired) electrons. The predicted molar refractivity (Wildman–Crippen MR) is 59.4 cm³/mol. The van der Waals surface area contributed by atoms with Gasteiger partial charge in [0.05, 0.1) is 17.9 Å². The van der Waals surface area contributed by atoms with Gasteiger partial charge in [-0.3, -0.25) is 4.79 Å². The Bertz CT molecular complexity index is 279. The van der Waals surface area contributed by atoms with Gasteiger partial charge in [0.25, 0.3) is 0 Å². The van der Waals surface area contributed by atoms with Gasteiger partial charge in [0.2, 0.25) is 5.91 Å². The Morgan fingerprint density at radius 3 is 2.69 bits per heavy atom. The predicted octanol–water partition coefficient (Wildman–Crippen LogP) is 0.114.